The van der Waals surface area contributed by atoms with Crippen molar-refractivity contribution in [2.24, 2.45) is 40.4 Å². The second-order valence-corrected chi connectivity index (χ2v) is 11.7. The van der Waals surface area contributed by atoms with E-state index in [0.29, 0.717) is 23.2 Å². The van der Waals surface area contributed by atoms with Crippen LogP contribution < -0.4 is 0 Å². The zero-order chi connectivity index (χ0) is 21.7. The predicted octanol–water partition coefficient (Wildman–Crippen LogP) is 7.64. The normalized spacial score (nSPS) is 40.3. The second-order valence-electron chi connectivity index (χ2n) is 11.7. The molecule has 4 aliphatic rings. The summed E-state index contributed by atoms with van der Waals surface area (Å²) in [5.41, 5.74) is 5.27. The molecule has 0 amide bonds. The van der Waals surface area contributed by atoms with E-state index in [9.17, 15) is 5.11 Å². The summed E-state index contributed by atoms with van der Waals surface area (Å²) in [5.74, 6) is 3.56. The fourth-order valence-corrected chi connectivity index (χ4v) is 7.54. The maximum Gasteiger partial charge on any atom is 0.0578 e. The van der Waals surface area contributed by atoms with Crippen LogP contribution in [0.3, 0.4) is 0 Å². The van der Waals surface area contributed by atoms with Crippen molar-refractivity contribution < 1.29 is 5.11 Å². The van der Waals surface area contributed by atoms with Crippen LogP contribution in [0.4, 0.5) is 0 Å². The minimum Gasteiger partial charge on any atom is -0.393 e. The molecule has 7 atom stereocenters. The average molecular weight is 409 g/mol. The van der Waals surface area contributed by atoms with Crippen LogP contribution in [0, 0.1) is 40.4 Å². The van der Waals surface area contributed by atoms with E-state index >= 15 is 0 Å². The summed E-state index contributed by atoms with van der Waals surface area (Å²) in [6, 6.07) is 0. The number of aliphatic hydroxyl groups is 1. The van der Waals surface area contributed by atoms with Gasteiger partial charge in [0.1, 0.15) is 0 Å². The summed E-state index contributed by atoms with van der Waals surface area (Å²) < 4.78 is 0. The topological polar surface area (TPSA) is 20.2 Å². The van der Waals surface area contributed by atoms with Crippen LogP contribution in [0.2, 0.25) is 0 Å². The lowest BCUT2D eigenvalue weighted by atomic mass is 9.54. The van der Waals surface area contributed by atoms with E-state index in [1.807, 2.05) is 0 Å². The highest BCUT2D eigenvalue weighted by atomic mass is 16.3. The van der Waals surface area contributed by atoms with E-state index in [2.05, 4.69) is 71.9 Å². The Morgan fingerprint density at radius 2 is 1.87 bits per heavy atom. The maximum atomic E-state index is 10.2. The van der Waals surface area contributed by atoms with Gasteiger partial charge in [0.05, 0.1) is 6.10 Å². The first-order valence-electron chi connectivity index (χ1n) is 12.7. The van der Waals surface area contributed by atoms with Crippen LogP contribution >= 0.6 is 0 Å². The highest BCUT2D eigenvalue weighted by molar-refractivity contribution is 5.53. The number of allylic oxidation sites excluding steroid dienone is 7. The molecule has 2 fully saturated rings. The van der Waals surface area contributed by atoms with Crippen LogP contribution in [0.1, 0.15) is 86.5 Å². The number of aliphatic hydroxyl groups excluding tert-OH is 1. The van der Waals surface area contributed by atoms with Crippen LogP contribution in [-0.2, 0) is 0 Å². The minimum absolute atomic E-state index is 0.144. The summed E-state index contributed by atoms with van der Waals surface area (Å²) in [7, 11) is 0. The first kappa shape index (κ1) is 22.1. The van der Waals surface area contributed by atoms with Gasteiger partial charge in [-0.05, 0) is 91.1 Å². The molecule has 0 spiro atoms. The average Bonchev–Trinajstić information content (AvgIpc) is 3.06. The molecule has 0 radical (unpaired) electrons. The van der Waals surface area contributed by atoms with Crippen molar-refractivity contribution in [1.29, 1.82) is 0 Å². The first-order chi connectivity index (χ1) is 14.2. The van der Waals surface area contributed by atoms with E-state index in [0.717, 1.165) is 31.1 Å². The SMILES string of the molecule is CC[C@H](/C=C/[C@@H](C)C1CCC2C3=CC=C4C[C@@H](O)CCC4(C)C3=CCC21C)C(C)C. The van der Waals surface area contributed by atoms with Gasteiger partial charge in [0.2, 0.25) is 0 Å². The highest BCUT2D eigenvalue weighted by Crippen LogP contribution is 2.63. The Kier molecular flexibility index (Phi) is 5.99. The number of hydrogen-bond donors (Lipinski definition) is 1. The lowest BCUT2D eigenvalue weighted by molar-refractivity contribution is 0.113. The van der Waals surface area contributed by atoms with E-state index in [-0.39, 0.29) is 11.5 Å². The Labute approximate surface area is 185 Å². The lowest BCUT2D eigenvalue weighted by Crippen LogP contribution is -2.41. The molecule has 0 aromatic rings. The fraction of sp³-hybridized carbons (Fsp3) is 0.724. The second kappa shape index (κ2) is 8.12. The molecule has 0 heterocycles. The number of hydrogen-bond acceptors (Lipinski definition) is 1. The molecule has 0 bridgehead atoms. The van der Waals surface area contributed by atoms with Crippen molar-refractivity contribution in [1.82, 2.24) is 0 Å². The first-order valence-corrected chi connectivity index (χ1v) is 12.7. The maximum absolute atomic E-state index is 10.2. The van der Waals surface area contributed by atoms with Crippen molar-refractivity contribution in [3.8, 4) is 0 Å². The van der Waals surface area contributed by atoms with E-state index in [1.165, 1.54) is 31.3 Å². The summed E-state index contributed by atoms with van der Waals surface area (Å²) >= 11 is 0. The Hall–Kier alpha value is -1.08. The molecule has 4 unspecified atom stereocenters. The number of rotatable bonds is 5. The largest absolute Gasteiger partial charge is 0.393 e. The minimum atomic E-state index is -0.144. The molecule has 2 saturated carbocycles. The van der Waals surface area contributed by atoms with Crippen LogP contribution in [0.15, 0.2) is 47.1 Å². The zero-order valence-corrected chi connectivity index (χ0v) is 20.2. The van der Waals surface area contributed by atoms with Crippen LogP contribution in [0.5, 0.6) is 0 Å². The molecule has 0 aromatic heterocycles. The van der Waals surface area contributed by atoms with Gasteiger partial charge in [-0.2, -0.15) is 0 Å². The van der Waals surface area contributed by atoms with Crippen molar-refractivity contribution >= 4 is 0 Å². The zero-order valence-electron chi connectivity index (χ0n) is 20.2. The third kappa shape index (κ3) is 3.50. The molecule has 0 saturated heterocycles. The van der Waals surface area contributed by atoms with Gasteiger partial charge in [-0.3, -0.25) is 0 Å². The Bertz CT molecular complexity index is 780. The number of fused-ring (bicyclic) bond motifs is 5. The molecule has 1 heteroatoms. The van der Waals surface area contributed by atoms with Gasteiger partial charge in [-0.15, -0.1) is 0 Å². The Morgan fingerprint density at radius 3 is 2.57 bits per heavy atom. The molecule has 1 nitrogen and oxygen atoms in total. The third-order valence-corrected chi connectivity index (χ3v) is 9.67. The molecule has 166 valence electrons. The highest BCUT2D eigenvalue weighted by Gasteiger charge is 2.54. The van der Waals surface area contributed by atoms with Gasteiger partial charge in [0.15, 0.2) is 0 Å². The standard InChI is InChI=1S/C29H44O/c1-7-21(19(2)3)9-8-20(4)25-12-13-26-24-11-10-22-18-23(30)14-16-28(22,5)27(24)15-17-29(25,26)6/h8-11,15,19-21,23,25-26,30H,7,12-14,16-18H2,1-6H3/b9-8+/t20-,21-,23+,25?,26?,28?,29?/m1/s1. The fourth-order valence-electron chi connectivity index (χ4n) is 7.54. The van der Waals surface area contributed by atoms with Crippen molar-refractivity contribution in [3.05, 3.63) is 47.1 Å². The summed E-state index contributed by atoms with van der Waals surface area (Å²) in [4.78, 5) is 0. The van der Waals surface area contributed by atoms with Gasteiger partial charge in [-0.25, -0.2) is 0 Å². The quantitative estimate of drug-likeness (QED) is 0.463. The molecule has 0 aliphatic heterocycles. The van der Waals surface area contributed by atoms with E-state index in [4.69, 9.17) is 0 Å². The summed E-state index contributed by atoms with van der Waals surface area (Å²) in [6.07, 6.45) is 20.4. The lowest BCUT2D eigenvalue weighted by Gasteiger charge is -2.50. The van der Waals surface area contributed by atoms with Crippen molar-refractivity contribution in [3.63, 3.8) is 0 Å². The monoisotopic (exact) mass is 408 g/mol. The third-order valence-electron chi connectivity index (χ3n) is 9.67. The van der Waals surface area contributed by atoms with Crippen molar-refractivity contribution in [2.45, 2.75) is 92.6 Å². The van der Waals surface area contributed by atoms with Gasteiger partial charge in [0, 0.05) is 5.41 Å². The van der Waals surface area contributed by atoms with Gasteiger partial charge < -0.3 is 5.11 Å². The van der Waals surface area contributed by atoms with Gasteiger partial charge in [-0.1, -0.05) is 77.5 Å². The molecule has 0 aromatic carbocycles. The predicted molar refractivity (Wildman–Crippen MR) is 128 cm³/mol. The van der Waals surface area contributed by atoms with Crippen molar-refractivity contribution in [2.75, 3.05) is 0 Å². The Morgan fingerprint density at radius 1 is 1.10 bits per heavy atom. The summed E-state index contributed by atoms with van der Waals surface area (Å²) in [5, 5.41) is 10.2. The smallest absolute Gasteiger partial charge is 0.0578 e. The van der Waals surface area contributed by atoms with E-state index < -0.39 is 0 Å². The molecular formula is C29H44O. The molecule has 1 N–H and O–H groups in total. The van der Waals surface area contributed by atoms with E-state index in [1.54, 1.807) is 11.1 Å². The van der Waals surface area contributed by atoms with Crippen LogP contribution in [-0.4, -0.2) is 11.2 Å². The van der Waals surface area contributed by atoms with Gasteiger partial charge >= 0.3 is 0 Å². The molecule has 4 rings (SSSR count). The molecule has 4 aliphatic carbocycles. The molecule has 30 heavy (non-hydrogen) atoms. The van der Waals surface area contributed by atoms with Gasteiger partial charge in [0.25, 0.3) is 0 Å². The Balaban J connectivity index is 1.59. The molecular weight excluding hydrogens is 364 g/mol. The van der Waals surface area contributed by atoms with Crippen LogP contribution in [0.25, 0.3) is 0 Å². The summed E-state index contributed by atoms with van der Waals surface area (Å²) in [6.45, 7) is 14.5.